The Kier molecular flexibility index (Phi) is 6.57. The zero-order valence-electron chi connectivity index (χ0n) is 13.3. The van der Waals surface area contributed by atoms with Crippen LogP contribution < -0.4 is 0 Å². The van der Waals surface area contributed by atoms with E-state index in [0.717, 1.165) is 0 Å². The summed E-state index contributed by atoms with van der Waals surface area (Å²) in [7, 11) is 0. The van der Waals surface area contributed by atoms with E-state index in [4.69, 9.17) is 16.3 Å². The van der Waals surface area contributed by atoms with Gasteiger partial charge in [-0.3, -0.25) is 4.98 Å². The number of halogens is 2. The highest BCUT2D eigenvalue weighted by molar-refractivity contribution is 6.36. The maximum atomic E-state index is 12.9. The quantitative estimate of drug-likeness (QED) is 0.479. The standard InChI is InChI=1S/C20H16ClNO2.ClH/c21-20(16-9-3-1-4-10-16,17-11-5-2-6-12-17)19(23)24-15-18-13-7-8-14-22-18;/h1-14H,15H2;1H. The first kappa shape index (κ1) is 19.0. The number of rotatable bonds is 5. The zero-order valence-corrected chi connectivity index (χ0v) is 14.9. The molecular formula is C20H17Cl2NO2. The van der Waals surface area contributed by atoms with E-state index >= 15 is 0 Å². The largest absolute Gasteiger partial charge is 0.457 e. The lowest BCUT2D eigenvalue weighted by molar-refractivity contribution is -0.147. The van der Waals surface area contributed by atoms with Crippen molar-refractivity contribution in [3.63, 3.8) is 0 Å². The van der Waals surface area contributed by atoms with Crippen LogP contribution in [0.15, 0.2) is 85.1 Å². The summed E-state index contributed by atoms with van der Waals surface area (Å²) in [6.07, 6.45) is 1.66. The van der Waals surface area contributed by atoms with E-state index in [9.17, 15) is 4.79 Å². The van der Waals surface area contributed by atoms with Crippen molar-refractivity contribution >= 4 is 30.0 Å². The summed E-state index contributed by atoms with van der Waals surface area (Å²) in [4.78, 5) is 15.6. The van der Waals surface area contributed by atoms with Gasteiger partial charge in [0.1, 0.15) is 6.61 Å². The molecule has 0 fully saturated rings. The molecule has 1 heterocycles. The number of carbonyl (C=O) groups excluding carboxylic acids is 1. The number of alkyl halides is 1. The Morgan fingerprint density at radius 1 is 0.880 bits per heavy atom. The molecule has 0 bridgehead atoms. The van der Waals surface area contributed by atoms with Crippen molar-refractivity contribution in [2.75, 3.05) is 0 Å². The Morgan fingerprint density at radius 3 is 1.88 bits per heavy atom. The highest BCUT2D eigenvalue weighted by Crippen LogP contribution is 2.38. The van der Waals surface area contributed by atoms with E-state index in [1.165, 1.54) is 0 Å². The normalized spacial score (nSPS) is 10.6. The molecule has 128 valence electrons. The number of aromatic nitrogens is 1. The van der Waals surface area contributed by atoms with Crippen LogP contribution in [0.5, 0.6) is 0 Å². The number of nitrogens with zero attached hydrogens (tertiary/aromatic N) is 1. The van der Waals surface area contributed by atoms with Crippen molar-refractivity contribution in [3.05, 3.63) is 102 Å². The Morgan fingerprint density at radius 2 is 1.40 bits per heavy atom. The van der Waals surface area contributed by atoms with Gasteiger partial charge in [0.15, 0.2) is 4.87 Å². The minimum absolute atomic E-state index is 0. The van der Waals surface area contributed by atoms with Crippen LogP contribution in [-0.2, 0) is 21.0 Å². The molecule has 0 unspecified atom stereocenters. The Bertz CT molecular complexity index is 756. The van der Waals surface area contributed by atoms with Gasteiger partial charge in [-0.25, -0.2) is 4.79 Å². The summed E-state index contributed by atoms with van der Waals surface area (Å²) in [6, 6.07) is 23.9. The van der Waals surface area contributed by atoms with Gasteiger partial charge < -0.3 is 4.74 Å². The molecule has 5 heteroatoms. The first-order valence-electron chi connectivity index (χ1n) is 7.58. The van der Waals surface area contributed by atoms with E-state index in [2.05, 4.69) is 4.98 Å². The molecule has 0 saturated carbocycles. The number of benzene rings is 2. The monoisotopic (exact) mass is 373 g/mol. The summed E-state index contributed by atoms with van der Waals surface area (Å²) < 4.78 is 5.47. The number of hydrogen-bond donors (Lipinski definition) is 0. The SMILES string of the molecule is Cl.O=C(OCc1ccccn1)C(Cl)(c1ccccc1)c1ccccc1. The van der Waals surface area contributed by atoms with Crippen molar-refractivity contribution in [2.24, 2.45) is 0 Å². The average molecular weight is 374 g/mol. The van der Waals surface area contributed by atoms with Crippen molar-refractivity contribution < 1.29 is 9.53 Å². The van der Waals surface area contributed by atoms with Crippen LogP contribution in [0.25, 0.3) is 0 Å². The number of hydrogen-bond acceptors (Lipinski definition) is 3. The van der Waals surface area contributed by atoms with E-state index in [1.807, 2.05) is 72.8 Å². The third kappa shape index (κ3) is 4.19. The average Bonchev–Trinajstić information content (AvgIpc) is 2.67. The second-order valence-electron chi connectivity index (χ2n) is 5.29. The molecule has 3 nitrogen and oxygen atoms in total. The zero-order chi connectivity index (χ0) is 16.8. The lowest BCUT2D eigenvalue weighted by atomic mass is 9.90. The lowest BCUT2D eigenvalue weighted by Crippen LogP contribution is -2.33. The maximum absolute atomic E-state index is 12.9. The molecule has 0 N–H and O–H groups in total. The first-order chi connectivity index (χ1) is 11.7. The van der Waals surface area contributed by atoms with Gasteiger partial charge in [-0.05, 0) is 23.3 Å². The highest BCUT2D eigenvalue weighted by atomic mass is 35.5. The van der Waals surface area contributed by atoms with Gasteiger partial charge in [0, 0.05) is 6.20 Å². The van der Waals surface area contributed by atoms with Gasteiger partial charge in [-0.1, -0.05) is 78.3 Å². The third-order valence-corrected chi connectivity index (χ3v) is 4.29. The topological polar surface area (TPSA) is 39.2 Å². The van der Waals surface area contributed by atoms with Gasteiger partial charge in [-0.15, -0.1) is 12.4 Å². The van der Waals surface area contributed by atoms with E-state index in [-0.39, 0.29) is 19.0 Å². The maximum Gasteiger partial charge on any atom is 0.336 e. The third-order valence-electron chi connectivity index (χ3n) is 3.70. The first-order valence-corrected chi connectivity index (χ1v) is 7.96. The molecule has 0 spiro atoms. The molecule has 0 saturated heterocycles. The van der Waals surface area contributed by atoms with Crippen LogP contribution >= 0.6 is 24.0 Å². The number of carbonyl (C=O) groups is 1. The molecule has 0 aliphatic carbocycles. The second kappa shape index (κ2) is 8.65. The van der Waals surface area contributed by atoms with Crippen LogP contribution in [0.3, 0.4) is 0 Å². The molecule has 3 rings (SSSR count). The molecule has 0 aliphatic rings. The van der Waals surface area contributed by atoms with Crippen LogP contribution in [-0.4, -0.2) is 11.0 Å². The van der Waals surface area contributed by atoms with Crippen molar-refractivity contribution in [2.45, 2.75) is 11.5 Å². The minimum Gasteiger partial charge on any atom is -0.457 e. The van der Waals surface area contributed by atoms with Gasteiger partial charge in [0.25, 0.3) is 0 Å². The van der Waals surface area contributed by atoms with Gasteiger partial charge in [-0.2, -0.15) is 0 Å². The highest BCUT2D eigenvalue weighted by Gasteiger charge is 2.41. The summed E-state index contributed by atoms with van der Waals surface area (Å²) in [6.45, 7) is 0.0772. The molecule has 25 heavy (non-hydrogen) atoms. The van der Waals surface area contributed by atoms with Crippen LogP contribution in [0, 0.1) is 0 Å². The molecule has 3 aromatic rings. The number of pyridine rings is 1. The molecule has 0 amide bonds. The van der Waals surface area contributed by atoms with Crippen molar-refractivity contribution in [1.29, 1.82) is 0 Å². The molecule has 1 aromatic heterocycles. The fourth-order valence-electron chi connectivity index (χ4n) is 2.46. The van der Waals surface area contributed by atoms with E-state index in [1.54, 1.807) is 12.3 Å². The van der Waals surface area contributed by atoms with Crippen molar-refractivity contribution in [3.8, 4) is 0 Å². The van der Waals surface area contributed by atoms with Crippen LogP contribution in [0.1, 0.15) is 16.8 Å². The summed E-state index contributed by atoms with van der Waals surface area (Å²) >= 11 is 6.81. The minimum atomic E-state index is -1.39. The molecule has 2 aromatic carbocycles. The summed E-state index contributed by atoms with van der Waals surface area (Å²) in [5.74, 6) is -0.521. The van der Waals surface area contributed by atoms with Gasteiger partial charge >= 0.3 is 5.97 Å². The van der Waals surface area contributed by atoms with Gasteiger partial charge in [0.05, 0.1) is 5.69 Å². The lowest BCUT2D eigenvalue weighted by Gasteiger charge is -2.26. The fourth-order valence-corrected chi connectivity index (χ4v) is 2.77. The van der Waals surface area contributed by atoms with E-state index < -0.39 is 10.8 Å². The summed E-state index contributed by atoms with van der Waals surface area (Å²) in [5.41, 5.74) is 2.01. The number of ether oxygens (including phenoxy) is 1. The number of esters is 1. The van der Waals surface area contributed by atoms with Crippen molar-refractivity contribution in [1.82, 2.24) is 4.98 Å². The molecular weight excluding hydrogens is 357 g/mol. The Labute approximate surface area is 158 Å². The molecule has 0 radical (unpaired) electrons. The Hall–Kier alpha value is -2.36. The van der Waals surface area contributed by atoms with Crippen LogP contribution in [0.4, 0.5) is 0 Å². The summed E-state index contributed by atoms with van der Waals surface area (Å²) in [5, 5.41) is 0. The van der Waals surface area contributed by atoms with Crippen LogP contribution in [0.2, 0.25) is 0 Å². The second-order valence-corrected chi connectivity index (χ2v) is 5.85. The Balaban J connectivity index is 0.00000225. The fraction of sp³-hybridized carbons (Fsp3) is 0.100. The van der Waals surface area contributed by atoms with E-state index in [0.29, 0.717) is 16.8 Å². The van der Waals surface area contributed by atoms with Gasteiger partial charge in [0.2, 0.25) is 0 Å². The predicted octanol–water partition coefficient (Wildman–Crippen LogP) is 4.73. The smallest absolute Gasteiger partial charge is 0.336 e. The predicted molar refractivity (Wildman–Crippen MR) is 101 cm³/mol. The molecule has 0 atom stereocenters. The molecule has 0 aliphatic heterocycles.